The minimum Gasteiger partial charge on any atom is -0.491 e. The molecule has 3 aromatic rings. The zero-order valence-corrected chi connectivity index (χ0v) is 20.8. The first-order valence-corrected chi connectivity index (χ1v) is 12.8. The van der Waals surface area contributed by atoms with E-state index < -0.39 is 15.9 Å². The topological polar surface area (TPSA) is 106 Å². The standard InChI is InChI=1S/C25H27N3O5S2/c1-2-32-15-16-33-22-10-6-9-20(17-22)24(29)28-25(34)27-21-11-13-23(14-12-21)35(30,31)26-18-19-7-4-3-5-8-19/h3-14,17,26H,2,15-16,18H2,1H3,(H2,27,28,29,34). The molecule has 3 rings (SSSR count). The van der Waals surface area contributed by atoms with Gasteiger partial charge in [0.2, 0.25) is 10.0 Å². The third kappa shape index (κ3) is 8.45. The lowest BCUT2D eigenvalue weighted by atomic mass is 10.2. The van der Waals surface area contributed by atoms with Crippen LogP contribution in [-0.2, 0) is 21.3 Å². The van der Waals surface area contributed by atoms with Gasteiger partial charge in [-0.25, -0.2) is 13.1 Å². The molecular weight excluding hydrogens is 486 g/mol. The summed E-state index contributed by atoms with van der Waals surface area (Å²) < 4.78 is 38.4. The molecule has 35 heavy (non-hydrogen) atoms. The number of hydrogen-bond acceptors (Lipinski definition) is 6. The Morgan fingerprint density at radius 1 is 0.943 bits per heavy atom. The van der Waals surface area contributed by atoms with Crippen LogP contribution >= 0.6 is 12.2 Å². The molecule has 0 spiro atoms. The van der Waals surface area contributed by atoms with Gasteiger partial charge in [-0.1, -0.05) is 36.4 Å². The monoisotopic (exact) mass is 513 g/mol. The molecule has 0 heterocycles. The first-order chi connectivity index (χ1) is 16.9. The number of amides is 1. The first-order valence-electron chi connectivity index (χ1n) is 10.9. The summed E-state index contributed by atoms with van der Waals surface area (Å²) in [6.45, 7) is 3.55. The molecule has 0 aliphatic rings. The van der Waals surface area contributed by atoms with Crippen molar-refractivity contribution in [2.75, 3.05) is 25.1 Å². The van der Waals surface area contributed by atoms with Gasteiger partial charge in [-0.3, -0.25) is 10.1 Å². The maximum Gasteiger partial charge on any atom is 0.257 e. The Kier molecular flexibility index (Phi) is 9.74. The van der Waals surface area contributed by atoms with Crippen molar-refractivity contribution in [3.8, 4) is 5.75 Å². The van der Waals surface area contributed by atoms with Crippen LogP contribution < -0.4 is 20.1 Å². The van der Waals surface area contributed by atoms with Crippen LogP contribution in [0.15, 0.2) is 83.8 Å². The predicted molar refractivity (Wildman–Crippen MR) is 139 cm³/mol. The molecule has 3 N–H and O–H groups in total. The van der Waals surface area contributed by atoms with Gasteiger partial charge >= 0.3 is 0 Å². The fourth-order valence-corrected chi connectivity index (χ4v) is 4.23. The molecule has 184 valence electrons. The molecule has 0 aliphatic carbocycles. The number of carbonyl (C=O) groups is 1. The van der Waals surface area contributed by atoms with Crippen molar-refractivity contribution in [3.63, 3.8) is 0 Å². The van der Waals surface area contributed by atoms with E-state index >= 15 is 0 Å². The van der Waals surface area contributed by atoms with Crippen LogP contribution in [0, 0.1) is 0 Å². The lowest BCUT2D eigenvalue weighted by Crippen LogP contribution is -2.34. The van der Waals surface area contributed by atoms with E-state index in [1.54, 1.807) is 36.4 Å². The van der Waals surface area contributed by atoms with Crippen molar-refractivity contribution in [2.45, 2.75) is 18.4 Å². The van der Waals surface area contributed by atoms with Crippen molar-refractivity contribution in [3.05, 3.63) is 90.0 Å². The number of rotatable bonds is 11. The lowest BCUT2D eigenvalue weighted by Gasteiger charge is -2.12. The predicted octanol–water partition coefficient (Wildman–Crippen LogP) is 3.71. The molecule has 0 saturated heterocycles. The SMILES string of the molecule is CCOCCOc1cccc(C(=O)NC(=S)Nc2ccc(S(=O)(=O)NCc3ccccc3)cc2)c1. The Bertz CT molecular complexity index is 1230. The van der Waals surface area contributed by atoms with Crippen molar-refractivity contribution in [1.29, 1.82) is 0 Å². The summed E-state index contributed by atoms with van der Waals surface area (Å²) in [6.07, 6.45) is 0. The van der Waals surface area contributed by atoms with E-state index in [0.717, 1.165) is 5.56 Å². The second kappa shape index (κ2) is 13.0. The molecule has 0 fully saturated rings. The van der Waals surface area contributed by atoms with E-state index in [9.17, 15) is 13.2 Å². The smallest absolute Gasteiger partial charge is 0.257 e. The Morgan fingerprint density at radius 2 is 1.69 bits per heavy atom. The van der Waals surface area contributed by atoms with E-state index in [0.29, 0.717) is 36.8 Å². The van der Waals surface area contributed by atoms with Gasteiger partial charge in [0.25, 0.3) is 5.91 Å². The molecule has 0 atom stereocenters. The van der Waals surface area contributed by atoms with Gasteiger partial charge in [0.1, 0.15) is 12.4 Å². The summed E-state index contributed by atoms with van der Waals surface area (Å²) in [5, 5.41) is 5.56. The average Bonchev–Trinajstić information content (AvgIpc) is 2.86. The second-order valence-electron chi connectivity index (χ2n) is 7.32. The normalized spacial score (nSPS) is 11.0. The highest BCUT2D eigenvalue weighted by atomic mass is 32.2. The molecule has 0 bridgehead atoms. The van der Waals surface area contributed by atoms with E-state index in [1.807, 2.05) is 37.3 Å². The number of ether oxygens (including phenoxy) is 2. The van der Waals surface area contributed by atoms with E-state index in [-0.39, 0.29) is 16.6 Å². The summed E-state index contributed by atoms with van der Waals surface area (Å²) in [6, 6.07) is 22.1. The molecule has 0 saturated carbocycles. The van der Waals surface area contributed by atoms with Crippen LogP contribution in [0.1, 0.15) is 22.8 Å². The van der Waals surface area contributed by atoms with Crippen LogP contribution in [0.2, 0.25) is 0 Å². The number of hydrogen-bond donors (Lipinski definition) is 3. The van der Waals surface area contributed by atoms with Crippen LogP contribution in [0.5, 0.6) is 5.75 Å². The average molecular weight is 514 g/mol. The summed E-state index contributed by atoms with van der Waals surface area (Å²) in [4.78, 5) is 12.7. The first kappa shape index (κ1) is 26.3. The molecule has 0 aromatic heterocycles. The van der Waals surface area contributed by atoms with Crippen molar-refractivity contribution in [1.82, 2.24) is 10.0 Å². The highest BCUT2D eigenvalue weighted by Gasteiger charge is 2.14. The van der Waals surface area contributed by atoms with Gasteiger partial charge in [0.15, 0.2) is 5.11 Å². The van der Waals surface area contributed by atoms with E-state index in [2.05, 4.69) is 15.4 Å². The summed E-state index contributed by atoms with van der Waals surface area (Å²) in [5.74, 6) is 0.149. The van der Waals surface area contributed by atoms with Gasteiger partial charge in [-0.2, -0.15) is 0 Å². The number of thiocarbonyl (C=S) groups is 1. The highest BCUT2D eigenvalue weighted by molar-refractivity contribution is 7.89. The fraction of sp³-hybridized carbons (Fsp3) is 0.200. The molecule has 0 radical (unpaired) electrons. The van der Waals surface area contributed by atoms with Crippen molar-refractivity contribution >= 4 is 38.9 Å². The summed E-state index contributed by atoms with van der Waals surface area (Å²) >= 11 is 5.22. The molecule has 10 heteroatoms. The molecule has 1 amide bonds. The number of anilines is 1. The van der Waals surface area contributed by atoms with Gasteiger partial charge in [0.05, 0.1) is 11.5 Å². The minimum atomic E-state index is -3.67. The zero-order valence-electron chi connectivity index (χ0n) is 19.2. The quantitative estimate of drug-likeness (QED) is 0.265. The van der Waals surface area contributed by atoms with Crippen molar-refractivity contribution < 1.29 is 22.7 Å². The molecule has 3 aromatic carbocycles. The third-order valence-corrected chi connectivity index (χ3v) is 6.38. The van der Waals surface area contributed by atoms with Gasteiger partial charge < -0.3 is 14.8 Å². The second-order valence-corrected chi connectivity index (χ2v) is 9.49. The van der Waals surface area contributed by atoms with Crippen LogP contribution in [-0.4, -0.2) is 39.3 Å². The van der Waals surface area contributed by atoms with Gasteiger partial charge in [-0.15, -0.1) is 0 Å². The number of carbonyl (C=O) groups excluding carboxylic acids is 1. The Morgan fingerprint density at radius 3 is 2.40 bits per heavy atom. The molecular formula is C25H27N3O5S2. The van der Waals surface area contributed by atoms with Crippen molar-refractivity contribution in [2.24, 2.45) is 0 Å². The van der Waals surface area contributed by atoms with Crippen LogP contribution in [0.4, 0.5) is 5.69 Å². The third-order valence-electron chi connectivity index (χ3n) is 4.76. The molecule has 0 aliphatic heterocycles. The molecule has 8 nitrogen and oxygen atoms in total. The van der Waals surface area contributed by atoms with Crippen LogP contribution in [0.3, 0.4) is 0 Å². The maximum atomic E-state index is 12.5. The van der Waals surface area contributed by atoms with Gasteiger partial charge in [-0.05, 0) is 67.2 Å². The summed E-state index contributed by atoms with van der Waals surface area (Å²) in [7, 11) is -3.67. The number of nitrogens with one attached hydrogen (secondary N) is 3. The van der Waals surface area contributed by atoms with E-state index in [1.165, 1.54) is 12.1 Å². The molecule has 0 unspecified atom stereocenters. The minimum absolute atomic E-state index is 0.0791. The Labute approximate surface area is 210 Å². The van der Waals surface area contributed by atoms with Gasteiger partial charge in [0, 0.05) is 24.4 Å². The highest BCUT2D eigenvalue weighted by Crippen LogP contribution is 2.16. The Hall–Kier alpha value is -3.31. The number of sulfonamides is 1. The maximum absolute atomic E-state index is 12.5. The zero-order chi connectivity index (χ0) is 25.1. The fourth-order valence-electron chi connectivity index (χ4n) is 3.00. The Balaban J connectivity index is 1.52. The largest absolute Gasteiger partial charge is 0.491 e. The number of benzene rings is 3. The van der Waals surface area contributed by atoms with E-state index in [4.69, 9.17) is 21.7 Å². The van der Waals surface area contributed by atoms with Crippen LogP contribution in [0.25, 0.3) is 0 Å². The lowest BCUT2D eigenvalue weighted by molar-refractivity contribution is 0.0976. The summed E-state index contributed by atoms with van der Waals surface area (Å²) in [5.41, 5.74) is 1.78.